The van der Waals surface area contributed by atoms with E-state index in [2.05, 4.69) is 9.98 Å². The topological polar surface area (TPSA) is 119 Å². The van der Waals surface area contributed by atoms with Crippen molar-refractivity contribution in [2.75, 3.05) is 0 Å². The summed E-state index contributed by atoms with van der Waals surface area (Å²) in [4.78, 5) is 30.7. The van der Waals surface area contributed by atoms with Crippen molar-refractivity contribution >= 4 is 49.6 Å². The summed E-state index contributed by atoms with van der Waals surface area (Å²) in [6.45, 7) is 0. The van der Waals surface area contributed by atoms with E-state index in [1.54, 1.807) is 24.3 Å². The van der Waals surface area contributed by atoms with Crippen molar-refractivity contribution in [3.63, 3.8) is 0 Å². The number of hydrogen-bond donors (Lipinski definition) is 1. The van der Waals surface area contributed by atoms with Crippen LogP contribution < -0.4 is 5.63 Å². The molecule has 128 valence electrons. The molecule has 0 saturated heterocycles. The van der Waals surface area contributed by atoms with Crippen LogP contribution in [-0.4, -0.2) is 21.2 Å². The van der Waals surface area contributed by atoms with E-state index in [1.807, 2.05) is 0 Å². The maximum Gasteiger partial charge on any atom is 0.348 e. The highest BCUT2D eigenvalue weighted by Gasteiger charge is 2.13. The van der Waals surface area contributed by atoms with Crippen LogP contribution >= 0.6 is 11.3 Å². The average molecular weight is 367 g/mol. The minimum atomic E-state index is -0.721. The molecule has 0 aliphatic rings. The maximum atomic E-state index is 12.1. The van der Waals surface area contributed by atoms with Crippen molar-refractivity contribution in [2.45, 2.75) is 0 Å². The van der Waals surface area contributed by atoms with Gasteiger partial charge >= 0.3 is 5.63 Å². The number of fused-ring (bicyclic) bond motifs is 2. The second-order valence-electron chi connectivity index (χ2n) is 5.31. The van der Waals surface area contributed by atoms with Gasteiger partial charge in [-0.15, -0.1) is 0 Å². The normalized spacial score (nSPS) is 11.5. The van der Waals surface area contributed by atoms with Crippen molar-refractivity contribution in [3.8, 4) is 5.75 Å². The van der Waals surface area contributed by atoms with Crippen LogP contribution in [0.15, 0.2) is 56.7 Å². The van der Waals surface area contributed by atoms with Crippen molar-refractivity contribution in [1.82, 2.24) is 4.98 Å². The van der Waals surface area contributed by atoms with E-state index >= 15 is 0 Å². The van der Waals surface area contributed by atoms with E-state index in [1.165, 1.54) is 24.4 Å². The first-order chi connectivity index (χ1) is 12.5. The summed E-state index contributed by atoms with van der Waals surface area (Å²) < 4.78 is 5.76. The molecular formula is C17H9N3O5S. The minimum Gasteiger partial charge on any atom is -0.506 e. The molecule has 0 radical (unpaired) electrons. The van der Waals surface area contributed by atoms with Crippen LogP contribution in [0.5, 0.6) is 5.75 Å². The summed E-state index contributed by atoms with van der Waals surface area (Å²) in [7, 11) is 0. The highest BCUT2D eigenvalue weighted by atomic mass is 32.1. The maximum absolute atomic E-state index is 12.1. The Hall–Kier alpha value is -3.59. The van der Waals surface area contributed by atoms with Gasteiger partial charge in [0.2, 0.25) is 5.13 Å². The standard InChI is InChI=1S/C17H9N3O5S/c21-15-10-3-1-2-4-13(10)25-16(22)11(15)8-18-17-19-12-6-5-9(20(23)24)7-14(12)26-17/h1-8,21H/b18-8+. The Morgan fingerprint density at radius 1 is 1.27 bits per heavy atom. The molecule has 0 saturated carbocycles. The predicted octanol–water partition coefficient (Wildman–Crippen LogP) is 3.77. The molecule has 2 aromatic heterocycles. The summed E-state index contributed by atoms with van der Waals surface area (Å²) in [6, 6.07) is 10.9. The number of benzene rings is 2. The first kappa shape index (κ1) is 15.9. The Morgan fingerprint density at radius 2 is 2.08 bits per heavy atom. The predicted molar refractivity (Wildman–Crippen MR) is 97.7 cm³/mol. The van der Waals surface area contributed by atoms with E-state index in [0.717, 1.165) is 11.3 Å². The third kappa shape index (κ3) is 2.70. The minimum absolute atomic E-state index is 0.0375. The number of rotatable bonds is 3. The van der Waals surface area contributed by atoms with Gasteiger partial charge in [-0.3, -0.25) is 10.1 Å². The van der Waals surface area contributed by atoms with Crippen LogP contribution in [0.4, 0.5) is 10.8 Å². The molecule has 0 amide bonds. The zero-order chi connectivity index (χ0) is 18.3. The first-order valence-corrected chi connectivity index (χ1v) is 8.18. The summed E-state index contributed by atoms with van der Waals surface area (Å²) in [5, 5.41) is 21.8. The van der Waals surface area contributed by atoms with Crippen molar-refractivity contribution in [2.24, 2.45) is 4.99 Å². The molecule has 2 heterocycles. The third-order valence-corrected chi connectivity index (χ3v) is 4.62. The fraction of sp³-hybridized carbons (Fsp3) is 0. The number of aromatic nitrogens is 1. The first-order valence-electron chi connectivity index (χ1n) is 7.37. The summed E-state index contributed by atoms with van der Waals surface area (Å²) in [6.07, 6.45) is 1.18. The van der Waals surface area contributed by atoms with Gasteiger partial charge in [-0.25, -0.2) is 14.8 Å². The molecule has 0 spiro atoms. The number of aromatic hydroxyl groups is 1. The molecule has 0 bridgehead atoms. The van der Waals surface area contributed by atoms with Crippen LogP contribution in [0, 0.1) is 10.1 Å². The van der Waals surface area contributed by atoms with Gasteiger partial charge in [-0.05, 0) is 18.2 Å². The highest BCUT2D eigenvalue weighted by Crippen LogP contribution is 2.31. The number of nitro benzene ring substituents is 1. The summed E-state index contributed by atoms with van der Waals surface area (Å²) in [5.74, 6) is -0.225. The van der Waals surface area contributed by atoms with Gasteiger partial charge in [-0.2, -0.15) is 0 Å². The van der Waals surface area contributed by atoms with Gasteiger partial charge in [0.05, 0.1) is 20.5 Å². The SMILES string of the molecule is O=c1oc2ccccc2c(O)c1/C=N/c1nc2ccc([N+](=O)[O-])cc2s1. The van der Waals surface area contributed by atoms with Crippen molar-refractivity contribution in [3.05, 3.63) is 68.6 Å². The van der Waals surface area contributed by atoms with Crippen LogP contribution in [-0.2, 0) is 0 Å². The lowest BCUT2D eigenvalue weighted by Gasteiger charge is -2.01. The molecule has 26 heavy (non-hydrogen) atoms. The lowest BCUT2D eigenvalue weighted by Crippen LogP contribution is -2.06. The Morgan fingerprint density at radius 3 is 2.88 bits per heavy atom. The molecule has 4 aromatic rings. The van der Waals surface area contributed by atoms with Gasteiger partial charge < -0.3 is 9.52 Å². The molecule has 8 nitrogen and oxygen atoms in total. The molecule has 0 aliphatic heterocycles. The van der Waals surface area contributed by atoms with Gasteiger partial charge in [0, 0.05) is 18.3 Å². The van der Waals surface area contributed by atoms with Gasteiger partial charge in [0.15, 0.2) is 0 Å². The molecular weight excluding hydrogens is 358 g/mol. The molecule has 0 atom stereocenters. The Labute approximate surface area is 148 Å². The molecule has 4 rings (SSSR count). The number of nitrogens with zero attached hydrogens (tertiary/aromatic N) is 3. The lowest BCUT2D eigenvalue weighted by molar-refractivity contribution is -0.384. The van der Waals surface area contributed by atoms with Crippen molar-refractivity contribution in [1.29, 1.82) is 0 Å². The molecule has 9 heteroatoms. The average Bonchev–Trinajstić information content (AvgIpc) is 3.03. The molecule has 1 N–H and O–H groups in total. The van der Waals surface area contributed by atoms with E-state index in [-0.39, 0.29) is 22.6 Å². The van der Waals surface area contributed by atoms with Gasteiger partial charge in [0.25, 0.3) is 5.69 Å². The van der Waals surface area contributed by atoms with E-state index in [0.29, 0.717) is 20.7 Å². The van der Waals surface area contributed by atoms with Crippen LogP contribution in [0.25, 0.3) is 21.2 Å². The number of non-ortho nitro benzene ring substituents is 1. The Balaban J connectivity index is 1.76. The summed E-state index contributed by atoms with van der Waals surface area (Å²) >= 11 is 1.14. The molecule has 0 fully saturated rings. The highest BCUT2D eigenvalue weighted by molar-refractivity contribution is 7.22. The zero-order valence-electron chi connectivity index (χ0n) is 12.9. The Kier molecular flexibility index (Phi) is 3.70. The van der Waals surface area contributed by atoms with E-state index in [9.17, 15) is 20.0 Å². The number of thiazole rings is 1. The number of nitro groups is 1. The van der Waals surface area contributed by atoms with Gasteiger partial charge in [-0.1, -0.05) is 23.5 Å². The molecule has 0 aliphatic carbocycles. The fourth-order valence-corrected chi connectivity index (χ4v) is 3.30. The van der Waals surface area contributed by atoms with Gasteiger partial charge in [0.1, 0.15) is 16.9 Å². The lowest BCUT2D eigenvalue weighted by atomic mass is 10.1. The smallest absolute Gasteiger partial charge is 0.348 e. The zero-order valence-corrected chi connectivity index (χ0v) is 13.8. The number of hydrogen-bond acceptors (Lipinski definition) is 8. The van der Waals surface area contributed by atoms with E-state index < -0.39 is 10.5 Å². The van der Waals surface area contributed by atoms with Crippen molar-refractivity contribution < 1.29 is 14.4 Å². The molecule has 0 unspecified atom stereocenters. The van der Waals surface area contributed by atoms with Crippen LogP contribution in [0.1, 0.15) is 5.56 Å². The number of aliphatic imine (C=N–C) groups is 1. The number of para-hydroxylation sites is 1. The molecule has 2 aromatic carbocycles. The Bertz CT molecular complexity index is 1260. The largest absolute Gasteiger partial charge is 0.506 e. The monoisotopic (exact) mass is 367 g/mol. The second-order valence-corrected chi connectivity index (χ2v) is 6.32. The van der Waals surface area contributed by atoms with Crippen LogP contribution in [0.2, 0.25) is 0 Å². The van der Waals surface area contributed by atoms with Crippen LogP contribution in [0.3, 0.4) is 0 Å². The third-order valence-electron chi connectivity index (χ3n) is 3.70. The quantitative estimate of drug-likeness (QED) is 0.255. The van der Waals surface area contributed by atoms with E-state index in [4.69, 9.17) is 4.42 Å². The second kappa shape index (κ2) is 6.05. The fourth-order valence-electron chi connectivity index (χ4n) is 2.45. The summed E-state index contributed by atoms with van der Waals surface area (Å²) in [5.41, 5.74) is -0.0119.